The lowest BCUT2D eigenvalue weighted by Gasteiger charge is -2.47. The van der Waals surface area contributed by atoms with Gasteiger partial charge in [0.25, 0.3) is 0 Å². The van der Waals surface area contributed by atoms with Crippen molar-refractivity contribution in [3.63, 3.8) is 0 Å². The molecule has 4 bridgehead atoms. The summed E-state index contributed by atoms with van der Waals surface area (Å²) in [7, 11) is 0. The van der Waals surface area contributed by atoms with E-state index in [1.165, 1.54) is 32.1 Å². The molecule has 114 valence electrons. The van der Waals surface area contributed by atoms with Crippen molar-refractivity contribution < 1.29 is 9.53 Å². The molecule has 0 heterocycles. The monoisotopic (exact) mass is 278 g/mol. The zero-order valence-corrected chi connectivity index (χ0v) is 13.4. The van der Waals surface area contributed by atoms with Crippen LogP contribution in [0.25, 0.3) is 0 Å². The van der Waals surface area contributed by atoms with Crippen LogP contribution in [0, 0.1) is 23.2 Å². The summed E-state index contributed by atoms with van der Waals surface area (Å²) in [5, 5.41) is 0. The van der Waals surface area contributed by atoms with Crippen LogP contribution in [0.1, 0.15) is 78.6 Å². The van der Waals surface area contributed by atoms with E-state index in [0.29, 0.717) is 11.8 Å². The number of esters is 1. The molecule has 0 amide bonds. The summed E-state index contributed by atoms with van der Waals surface area (Å²) in [5.41, 5.74) is 0.101. The maximum absolute atomic E-state index is 12.2. The van der Waals surface area contributed by atoms with Gasteiger partial charge in [-0.2, -0.15) is 0 Å². The summed E-state index contributed by atoms with van der Waals surface area (Å²) >= 11 is 0. The van der Waals surface area contributed by atoms with Crippen LogP contribution < -0.4 is 0 Å². The fourth-order valence-corrected chi connectivity index (χ4v) is 5.81. The van der Waals surface area contributed by atoms with E-state index < -0.39 is 0 Å². The molecule has 4 saturated carbocycles. The van der Waals surface area contributed by atoms with Gasteiger partial charge in [-0.15, -0.1) is 0 Å². The molecule has 0 saturated heterocycles. The summed E-state index contributed by atoms with van der Waals surface area (Å²) in [5.74, 6) is 2.72. The molecule has 3 unspecified atom stereocenters. The first-order valence-corrected chi connectivity index (χ1v) is 8.75. The van der Waals surface area contributed by atoms with Gasteiger partial charge in [0.2, 0.25) is 0 Å². The van der Waals surface area contributed by atoms with E-state index >= 15 is 0 Å². The third-order valence-electron chi connectivity index (χ3n) is 6.79. The van der Waals surface area contributed by atoms with E-state index in [2.05, 4.69) is 20.8 Å². The van der Waals surface area contributed by atoms with E-state index in [9.17, 15) is 4.79 Å². The molecule has 20 heavy (non-hydrogen) atoms. The lowest BCUT2D eigenvalue weighted by atomic mass is 9.64. The Kier molecular flexibility index (Phi) is 3.63. The van der Waals surface area contributed by atoms with Crippen molar-refractivity contribution in [3.05, 3.63) is 0 Å². The van der Waals surface area contributed by atoms with E-state index in [0.717, 1.165) is 37.0 Å². The number of unbranched alkanes of at least 4 members (excludes halogenated alkanes) is 1. The van der Waals surface area contributed by atoms with Gasteiger partial charge in [0.1, 0.15) is 5.60 Å². The van der Waals surface area contributed by atoms with E-state index in [-0.39, 0.29) is 11.6 Å². The molecule has 3 atom stereocenters. The van der Waals surface area contributed by atoms with Crippen LogP contribution in [0.3, 0.4) is 0 Å². The van der Waals surface area contributed by atoms with Crippen LogP contribution in [0.15, 0.2) is 0 Å². The number of rotatable bonds is 6. The second-order valence-corrected chi connectivity index (χ2v) is 7.86. The van der Waals surface area contributed by atoms with Gasteiger partial charge in [-0.1, -0.05) is 20.3 Å². The standard InChI is InChI=1S/C18H30O2/c1-4-6-7-16(19)20-17(3,5-2)18-11-13-8-14(12-18)10-15(18)9-13/h13-15H,4-12H2,1-3H3. The maximum Gasteiger partial charge on any atom is 0.306 e. The van der Waals surface area contributed by atoms with Crippen LogP contribution in [-0.2, 0) is 9.53 Å². The molecule has 0 aliphatic heterocycles. The summed E-state index contributed by atoms with van der Waals surface area (Å²) in [6, 6.07) is 0. The number of hydrogen-bond acceptors (Lipinski definition) is 2. The smallest absolute Gasteiger partial charge is 0.306 e. The van der Waals surface area contributed by atoms with Crippen LogP contribution >= 0.6 is 0 Å². The molecule has 0 aromatic carbocycles. The number of hydrogen-bond donors (Lipinski definition) is 0. The highest BCUT2D eigenvalue weighted by atomic mass is 16.6. The normalized spacial score (nSPS) is 40.9. The Balaban J connectivity index is 1.77. The summed E-state index contributed by atoms with van der Waals surface area (Å²) in [6.07, 6.45) is 10.5. The van der Waals surface area contributed by atoms with Gasteiger partial charge >= 0.3 is 5.97 Å². The van der Waals surface area contributed by atoms with Gasteiger partial charge in [0.05, 0.1) is 0 Å². The van der Waals surface area contributed by atoms with Gasteiger partial charge in [-0.3, -0.25) is 4.79 Å². The van der Waals surface area contributed by atoms with Crippen molar-refractivity contribution >= 4 is 5.97 Å². The van der Waals surface area contributed by atoms with Gasteiger partial charge in [-0.25, -0.2) is 0 Å². The van der Waals surface area contributed by atoms with E-state index in [1.807, 2.05) is 0 Å². The van der Waals surface area contributed by atoms with Crippen LogP contribution in [0.4, 0.5) is 0 Å². The molecule has 0 N–H and O–H groups in total. The topological polar surface area (TPSA) is 26.3 Å². The molecule has 2 nitrogen and oxygen atoms in total. The maximum atomic E-state index is 12.2. The van der Waals surface area contributed by atoms with Crippen LogP contribution in [0.2, 0.25) is 0 Å². The van der Waals surface area contributed by atoms with Gasteiger partial charge in [-0.05, 0) is 69.6 Å². The highest BCUT2D eigenvalue weighted by Crippen LogP contribution is 2.70. The van der Waals surface area contributed by atoms with Crippen molar-refractivity contribution in [3.8, 4) is 0 Å². The molecular weight excluding hydrogens is 248 g/mol. The highest BCUT2D eigenvalue weighted by molar-refractivity contribution is 5.70. The fourth-order valence-electron chi connectivity index (χ4n) is 5.81. The lowest BCUT2D eigenvalue weighted by molar-refractivity contribution is -0.179. The molecule has 0 aromatic heterocycles. The molecule has 0 radical (unpaired) electrons. The predicted molar refractivity (Wildman–Crippen MR) is 80.3 cm³/mol. The molecule has 4 rings (SSSR count). The number of ether oxygens (including phenoxy) is 1. The summed E-state index contributed by atoms with van der Waals surface area (Å²) < 4.78 is 6.11. The van der Waals surface area contributed by atoms with Crippen LogP contribution in [-0.4, -0.2) is 11.6 Å². The Morgan fingerprint density at radius 3 is 2.40 bits per heavy atom. The third kappa shape index (κ3) is 2.02. The van der Waals surface area contributed by atoms with E-state index in [1.54, 1.807) is 0 Å². The largest absolute Gasteiger partial charge is 0.459 e. The zero-order chi connectivity index (χ0) is 14.4. The Labute approximate surface area is 123 Å². The predicted octanol–water partition coefficient (Wildman–Crippen LogP) is 4.71. The first kappa shape index (κ1) is 14.4. The Morgan fingerprint density at radius 2 is 1.85 bits per heavy atom. The number of carbonyl (C=O) groups excluding carboxylic acids is 1. The quantitative estimate of drug-likeness (QED) is 0.657. The van der Waals surface area contributed by atoms with Crippen molar-refractivity contribution in [2.45, 2.75) is 84.2 Å². The Morgan fingerprint density at radius 1 is 1.20 bits per heavy atom. The molecule has 4 fully saturated rings. The molecule has 0 aromatic rings. The minimum absolute atomic E-state index is 0.0387. The van der Waals surface area contributed by atoms with Gasteiger partial charge in [0, 0.05) is 11.8 Å². The molecule has 0 spiro atoms. The van der Waals surface area contributed by atoms with Crippen molar-refractivity contribution in [2.75, 3.05) is 0 Å². The second kappa shape index (κ2) is 5.03. The second-order valence-electron chi connectivity index (χ2n) is 7.86. The first-order valence-electron chi connectivity index (χ1n) is 8.75. The molecule has 4 aliphatic carbocycles. The van der Waals surface area contributed by atoms with Crippen molar-refractivity contribution in [1.82, 2.24) is 0 Å². The fraction of sp³-hybridized carbons (Fsp3) is 0.944. The van der Waals surface area contributed by atoms with Crippen LogP contribution in [0.5, 0.6) is 0 Å². The molecular formula is C18H30O2. The van der Waals surface area contributed by atoms with Crippen molar-refractivity contribution in [2.24, 2.45) is 23.2 Å². The summed E-state index contributed by atoms with van der Waals surface area (Å²) in [4.78, 5) is 12.2. The minimum atomic E-state index is -0.216. The lowest BCUT2D eigenvalue weighted by Crippen LogP contribution is -2.49. The summed E-state index contributed by atoms with van der Waals surface area (Å²) in [6.45, 7) is 6.57. The SMILES string of the molecule is CCCCC(=O)OC(C)(CC)C12CC3CC(CC1C3)C2. The Hall–Kier alpha value is -0.530. The van der Waals surface area contributed by atoms with Gasteiger partial charge in [0.15, 0.2) is 0 Å². The minimum Gasteiger partial charge on any atom is -0.459 e. The zero-order valence-electron chi connectivity index (χ0n) is 13.4. The average molecular weight is 278 g/mol. The van der Waals surface area contributed by atoms with Gasteiger partial charge < -0.3 is 4.74 Å². The molecule has 4 aliphatic rings. The molecule has 2 heteroatoms. The first-order chi connectivity index (χ1) is 9.53. The average Bonchev–Trinajstić information content (AvgIpc) is 2.82. The number of carbonyl (C=O) groups is 1. The van der Waals surface area contributed by atoms with E-state index in [4.69, 9.17) is 4.74 Å². The highest BCUT2D eigenvalue weighted by Gasteiger charge is 2.65. The third-order valence-corrected chi connectivity index (χ3v) is 6.79. The Bertz CT molecular complexity index is 375. The van der Waals surface area contributed by atoms with Crippen molar-refractivity contribution in [1.29, 1.82) is 0 Å².